The maximum Gasteiger partial charge on any atom is 0.244 e. The van der Waals surface area contributed by atoms with E-state index in [-0.39, 0.29) is 11.7 Å². The second-order valence-electron chi connectivity index (χ2n) is 5.24. The van der Waals surface area contributed by atoms with Crippen molar-refractivity contribution in [3.63, 3.8) is 0 Å². The predicted octanol–water partition coefficient (Wildman–Crippen LogP) is 3.62. The van der Waals surface area contributed by atoms with Crippen LogP contribution in [0.15, 0.2) is 34.8 Å². The topological polar surface area (TPSA) is 46.9 Å². The molecule has 2 aromatic rings. The Morgan fingerprint density at radius 2 is 2.04 bits per heavy atom. The quantitative estimate of drug-likeness (QED) is 0.615. The second kappa shape index (κ2) is 8.06. The van der Waals surface area contributed by atoms with E-state index in [1.165, 1.54) is 18.2 Å². The van der Waals surface area contributed by atoms with E-state index in [4.69, 9.17) is 0 Å². The predicted molar refractivity (Wildman–Crippen MR) is 92.5 cm³/mol. The molecule has 122 valence electrons. The van der Waals surface area contributed by atoms with Crippen LogP contribution in [-0.2, 0) is 11.3 Å². The zero-order valence-corrected chi connectivity index (χ0v) is 14.7. The van der Waals surface area contributed by atoms with Crippen molar-refractivity contribution in [2.45, 2.75) is 26.8 Å². The Hall–Kier alpha value is -1.95. The van der Waals surface area contributed by atoms with Gasteiger partial charge >= 0.3 is 0 Å². The summed E-state index contributed by atoms with van der Waals surface area (Å²) in [6, 6.07) is 5.98. The van der Waals surface area contributed by atoms with Gasteiger partial charge in [-0.3, -0.25) is 9.48 Å². The molecule has 1 aromatic carbocycles. The molecule has 1 aromatic heterocycles. The van der Waals surface area contributed by atoms with Gasteiger partial charge in [0.25, 0.3) is 0 Å². The Balaban J connectivity index is 1.74. The summed E-state index contributed by atoms with van der Waals surface area (Å²) in [5.74, 6) is -0.453. The molecular formula is C17H19BrFN3O. The monoisotopic (exact) mass is 379 g/mol. The van der Waals surface area contributed by atoms with Crippen LogP contribution in [0.2, 0.25) is 0 Å². The van der Waals surface area contributed by atoms with Gasteiger partial charge in [-0.1, -0.05) is 12.1 Å². The van der Waals surface area contributed by atoms with Gasteiger partial charge in [0.2, 0.25) is 5.91 Å². The summed E-state index contributed by atoms with van der Waals surface area (Å²) in [7, 11) is 0. The average molecular weight is 380 g/mol. The molecule has 1 heterocycles. The van der Waals surface area contributed by atoms with Crippen LogP contribution in [0.1, 0.15) is 23.4 Å². The third kappa shape index (κ3) is 5.03. The number of halogens is 2. The summed E-state index contributed by atoms with van der Waals surface area (Å²) < 4.78 is 15.7. The number of hydrogen-bond acceptors (Lipinski definition) is 2. The average Bonchev–Trinajstić information content (AvgIpc) is 2.78. The molecule has 0 radical (unpaired) electrons. The first-order valence-electron chi connectivity index (χ1n) is 7.38. The van der Waals surface area contributed by atoms with E-state index in [0.29, 0.717) is 6.54 Å². The largest absolute Gasteiger partial charge is 0.352 e. The summed E-state index contributed by atoms with van der Waals surface area (Å²) >= 11 is 3.49. The molecule has 1 amide bonds. The van der Waals surface area contributed by atoms with Crippen LogP contribution in [0, 0.1) is 19.7 Å². The summed E-state index contributed by atoms with van der Waals surface area (Å²) in [6.45, 7) is 5.28. The highest BCUT2D eigenvalue weighted by atomic mass is 79.9. The highest BCUT2D eigenvalue weighted by Gasteiger charge is 2.07. The lowest BCUT2D eigenvalue weighted by Crippen LogP contribution is -2.23. The van der Waals surface area contributed by atoms with Gasteiger partial charge in [0.05, 0.1) is 10.2 Å². The molecule has 0 saturated heterocycles. The van der Waals surface area contributed by atoms with Gasteiger partial charge < -0.3 is 5.32 Å². The Bertz CT molecular complexity index is 707. The fourth-order valence-electron chi connectivity index (χ4n) is 2.14. The number of nitrogens with one attached hydrogen (secondary N) is 1. The molecule has 23 heavy (non-hydrogen) atoms. The van der Waals surface area contributed by atoms with Crippen molar-refractivity contribution in [2.75, 3.05) is 6.54 Å². The standard InChI is InChI=1S/C17H19BrFN3O/c1-12-17(18)13(2)22(21-12)11-3-10-20-16(23)9-6-14-4-7-15(19)8-5-14/h4-9H,3,10-11H2,1-2H3,(H,20,23)/b9-6+. The van der Waals surface area contributed by atoms with Crippen molar-refractivity contribution >= 4 is 27.9 Å². The normalized spacial score (nSPS) is 11.1. The molecule has 0 saturated carbocycles. The lowest BCUT2D eigenvalue weighted by atomic mass is 10.2. The molecule has 4 nitrogen and oxygen atoms in total. The van der Waals surface area contributed by atoms with Crippen molar-refractivity contribution in [2.24, 2.45) is 0 Å². The van der Waals surface area contributed by atoms with E-state index >= 15 is 0 Å². The highest BCUT2D eigenvalue weighted by molar-refractivity contribution is 9.10. The third-order valence-electron chi connectivity index (χ3n) is 3.44. The molecule has 0 unspecified atom stereocenters. The van der Waals surface area contributed by atoms with Crippen LogP contribution in [-0.4, -0.2) is 22.2 Å². The molecule has 2 rings (SSSR count). The van der Waals surface area contributed by atoms with E-state index in [2.05, 4.69) is 26.3 Å². The lowest BCUT2D eigenvalue weighted by molar-refractivity contribution is -0.116. The molecule has 0 spiro atoms. The summed E-state index contributed by atoms with van der Waals surface area (Å²) in [5.41, 5.74) is 2.84. The van der Waals surface area contributed by atoms with Gasteiger partial charge in [-0.15, -0.1) is 0 Å². The van der Waals surface area contributed by atoms with Crippen LogP contribution in [0.4, 0.5) is 4.39 Å². The minimum atomic E-state index is -0.289. The number of aromatic nitrogens is 2. The first-order valence-corrected chi connectivity index (χ1v) is 8.17. The van der Waals surface area contributed by atoms with Crippen molar-refractivity contribution in [1.82, 2.24) is 15.1 Å². The summed E-state index contributed by atoms with van der Waals surface area (Å²) in [5, 5.41) is 7.24. The van der Waals surface area contributed by atoms with Gasteiger partial charge in [0.15, 0.2) is 0 Å². The zero-order chi connectivity index (χ0) is 16.8. The number of benzene rings is 1. The molecule has 0 aliphatic rings. The third-order valence-corrected chi connectivity index (χ3v) is 4.58. The van der Waals surface area contributed by atoms with Crippen LogP contribution in [0.5, 0.6) is 0 Å². The van der Waals surface area contributed by atoms with Crippen LogP contribution < -0.4 is 5.32 Å². The van der Waals surface area contributed by atoms with E-state index < -0.39 is 0 Å². The number of amides is 1. The fourth-order valence-corrected chi connectivity index (χ4v) is 2.42. The van der Waals surface area contributed by atoms with Crippen LogP contribution in [0.25, 0.3) is 6.08 Å². The number of hydrogen-bond donors (Lipinski definition) is 1. The molecule has 1 N–H and O–H groups in total. The summed E-state index contributed by atoms with van der Waals surface area (Å²) in [6.07, 6.45) is 3.91. The maximum absolute atomic E-state index is 12.8. The number of carbonyl (C=O) groups excluding carboxylic acids is 1. The molecule has 6 heteroatoms. The fraction of sp³-hybridized carbons (Fsp3) is 0.294. The smallest absolute Gasteiger partial charge is 0.244 e. The van der Waals surface area contributed by atoms with E-state index in [1.807, 2.05) is 18.5 Å². The SMILES string of the molecule is Cc1nn(CCCNC(=O)/C=C/c2ccc(F)cc2)c(C)c1Br. The Morgan fingerprint density at radius 1 is 1.35 bits per heavy atom. The molecule has 0 bridgehead atoms. The van der Waals surface area contributed by atoms with E-state index in [1.54, 1.807) is 18.2 Å². The number of nitrogens with zero attached hydrogens (tertiary/aromatic N) is 2. The molecule has 0 aliphatic carbocycles. The minimum absolute atomic E-state index is 0.163. The van der Waals surface area contributed by atoms with Gasteiger partial charge in [0.1, 0.15) is 5.82 Å². The number of carbonyl (C=O) groups is 1. The van der Waals surface area contributed by atoms with Gasteiger partial charge in [-0.25, -0.2) is 4.39 Å². The Kier molecular flexibility index (Phi) is 6.10. The second-order valence-corrected chi connectivity index (χ2v) is 6.03. The molecular weight excluding hydrogens is 361 g/mol. The van der Waals surface area contributed by atoms with E-state index in [0.717, 1.165) is 34.4 Å². The molecule has 0 atom stereocenters. The van der Waals surface area contributed by atoms with Crippen molar-refractivity contribution < 1.29 is 9.18 Å². The van der Waals surface area contributed by atoms with Crippen LogP contribution >= 0.6 is 15.9 Å². The Labute approximate surface area is 143 Å². The molecule has 0 fully saturated rings. The van der Waals surface area contributed by atoms with Gasteiger partial charge in [0, 0.05) is 24.9 Å². The maximum atomic E-state index is 12.8. The van der Waals surface area contributed by atoms with Gasteiger partial charge in [-0.2, -0.15) is 5.10 Å². The Morgan fingerprint density at radius 3 is 2.65 bits per heavy atom. The first-order chi connectivity index (χ1) is 11.0. The minimum Gasteiger partial charge on any atom is -0.352 e. The van der Waals surface area contributed by atoms with Gasteiger partial charge in [-0.05, 0) is 60.0 Å². The number of rotatable bonds is 6. The number of aryl methyl sites for hydroxylation is 2. The van der Waals surface area contributed by atoms with Crippen molar-refractivity contribution in [1.29, 1.82) is 0 Å². The van der Waals surface area contributed by atoms with Crippen molar-refractivity contribution in [3.8, 4) is 0 Å². The van der Waals surface area contributed by atoms with E-state index in [9.17, 15) is 9.18 Å². The van der Waals surface area contributed by atoms with Crippen LogP contribution in [0.3, 0.4) is 0 Å². The first kappa shape index (κ1) is 17.4. The lowest BCUT2D eigenvalue weighted by Gasteiger charge is -2.05. The summed E-state index contributed by atoms with van der Waals surface area (Å²) in [4.78, 5) is 11.7. The highest BCUT2D eigenvalue weighted by Crippen LogP contribution is 2.19. The molecule has 0 aliphatic heterocycles. The van der Waals surface area contributed by atoms with Crippen molar-refractivity contribution in [3.05, 3.63) is 57.6 Å². The zero-order valence-electron chi connectivity index (χ0n) is 13.1.